The number of para-hydroxylation sites is 1. The van der Waals surface area contributed by atoms with Gasteiger partial charge in [0.05, 0.1) is 24.9 Å². The van der Waals surface area contributed by atoms with Crippen molar-refractivity contribution in [2.75, 3.05) is 37.7 Å². The Morgan fingerprint density at radius 2 is 2.20 bits per heavy atom. The molecule has 1 atom stereocenters. The van der Waals surface area contributed by atoms with Crippen molar-refractivity contribution >= 4 is 15.7 Å². The van der Waals surface area contributed by atoms with E-state index in [0.29, 0.717) is 43.4 Å². The molecule has 1 fully saturated rings. The van der Waals surface area contributed by atoms with E-state index in [0.717, 1.165) is 0 Å². The second kappa shape index (κ2) is 6.53. The average molecular weight is 299 g/mol. The van der Waals surface area contributed by atoms with Crippen LogP contribution in [0.25, 0.3) is 0 Å². The number of sulfonamides is 1. The van der Waals surface area contributed by atoms with Gasteiger partial charge in [-0.1, -0.05) is 19.1 Å². The Morgan fingerprint density at radius 3 is 2.90 bits per heavy atom. The number of nitrogens with zero attached hydrogens (tertiary/aromatic N) is 1. The Kier molecular flexibility index (Phi) is 4.98. The maximum atomic E-state index is 12.3. The molecule has 2 rings (SSSR count). The van der Waals surface area contributed by atoms with Crippen molar-refractivity contribution in [2.24, 2.45) is 5.73 Å². The minimum Gasteiger partial charge on any atom is -0.377 e. The average Bonchev–Trinajstić information content (AvgIpc) is 2.47. The number of nitrogens with one attached hydrogen (secondary N) is 1. The first-order chi connectivity index (χ1) is 9.60. The monoisotopic (exact) mass is 299 g/mol. The van der Waals surface area contributed by atoms with E-state index in [-0.39, 0.29) is 6.04 Å². The Morgan fingerprint density at radius 1 is 1.45 bits per heavy atom. The minimum atomic E-state index is -3.50. The molecule has 0 bridgehead atoms. The fraction of sp³-hybridized carbons (Fsp3) is 0.538. The highest BCUT2D eigenvalue weighted by molar-refractivity contribution is 7.89. The van der Waals surface area contributed by atoms with Crippen LogP contribution in [-0.4, -0.2) is 47.3 Å². The van der Waals surface area contributed by atoms with Gasteiger partial charge in [0.1, 0.15) is 4.90 Å². The van der Waals surface area contributed by atoms with Crippen molar-refractivity contribution in [2.45, 2.75) is 17.9 Å². The first kappa shape index (κ1) is 15.2. The van der Waals surface area contributed by atoms with Crippen LogP contribution >= 0.6 is 0 Å². The SMILES string of the molecule is CCNS(=O)(=O)c1ccccc1N1CCOCC1CN. The van der Waals surface area contributed by atoms with Crippen LogP contribution in [-0.2, 0) is 14.8 Å². The van der Waals surface area contributed by atoms with Crippen LogP contribution in [0.4, 0.5) is 5.69 Å². The van der Waals surface area contributed by atoms with Gasteiger partial charge in [0, 0.05) is 19.6 Å². The zero-order chi connectivity index (χ0) is 14.6. The fourth-order valence-electron chi connectivity index (χ4n) is 2.36. The quantitative estimate of drug-likeness (QED) is 0.808. The van der Waals surface area contributed by atoms with E-state index >= 15 is 0 Å². The lowest BCUT2D eigenvalue weighted by atomic mass is 10.2. The Bertz CT molecular complexity index is 548. The van der Waals surface area contributed by atoms with Gasteiger partial charge in [-0.2, -0.15) is 0 Å². The van der Waals surface area contributed by atoms with Crippen LogP contribution < -0.4 is 15.4 Å². The predicted octanol–water partition coefficient (Wildman–Crippen LogP) is 0.149. The third-order valence-electron chi connectivity index (χ3n) is 3.30. The van der Waals surface area contributed by atoms with E-state index in [1.165, 1.54) is 0 Å². The Labute approximate surface area is 120 Å². The maximum absolute atomic E-state index is 12.3. The molecule has 1 aromatic rings. The molecule has 7 heteroatoms. The zero-order valence-electron chi connectivity index (χ0n) is 11.6. The van der Waals surface area contributed by atoms with Gasteiger partial charge >= 0.3 is 0 Å². The molecule has 0 spiro atoms. The number of benzene rings is 1. The number of morpholine rings is 1. The first-order valence-corrected chi connectivity index (χ1v) is 8.21. The Balaban J connectivity index is 2.41. The molecular weight excluding hydrogens is 278 g/mol. The lowest BCUT2D eigenvalue weighted by Gasteiger charge is -2.37. The molecule has 1 saturated heterocycles. The smallest absolute Gasteiger partial charge is 0.242 e. The van der Waals surface area contributed by atoms with Crippen molar-refractivity contribution in [1.29, 1.82) is 0 Å². The normalized spacial score (nSPS) is 20.1. The third kappa shape index (κ3) is 3.12. The molecule has 0 aliphatic carbocycles. The molecule has 1 aliphatic heterocycles. The molecule has 6 nitrogen and oxygen atoms in total. The molecule has 1 aromatic carbocycles. The summed E-state index contributed by atoms with van der Waals surface area (Å²) >= 11 is 0. The molecule has 20 heavy (non-hydrogen) atoms. The van der Waals surface area contributed by atoms with Crippen molar-refractivity contribution in [3.05, 3.63) is 24.3 Å². The molecular formula is C13H21N3O3S. The van der Waals surface area contributed by atoms with E-state index in [1.807, 2.05) is 17.0 Å². The molecule has 0 amide bonds. The van der Waals surface area contributed by atoms with Gasteiger partial charge in [-0.25, -0.2) is 13.1 Å². The van der Waals surface area contributed by atoms with E-state index in [4.69, 9.17) is 10.5 Å². The molecule has 0 aromatic heterocycles. The van der Waals surface area contributed by atoms with E-state index < -0.39 is 10.0 Å². The van der Waals surface area contributed by atoms with Crippen molar-refractivity contribution < 1.29 is 13.2 Å². The summed E-state index contributed by atoms with van der Waals surface area (Å²) in [6.45, 7) is 4.28. The zero-order valence-corrected chi connectivity index (χ0v) is 12.4. The summed E-state index contributed by atoms with van der Waals surface area (Å²) in [6, 6.07) is 7.01. The molecule has 1 heterocycles. The van der Waals surface area contributed by atoms with Crippen molar-refractivity contribution in [1.82, 2.24) is 4.72 Å². The van der Waals surface area contributed by atoms with Gasteiger partial charge in [-0.3, -0.25) is 0 Å². The predicted molar refractivity (Wildman–Crippen MR) is 78.3 cm³/mol. The first-order valence-electron chi connectivity index (χ1n) is 6.73. The molecule has 0 radical (unpaired) electrons. The summed E-state index contributed by atoms with van der Waals surface area (Å²) in [5.41, 5.74) is 6.45. The highest BCUT2D eigenvalue weighted by Gasteiger charge is 2.27. The topological polar surface area (TPSA) is 84.7 Å². The summed E-state index contributed by atoms with van der Waals surface area (Å²) in [4.78, 5) is 2.32. The summed E-state index contributed by atoms with van der Waals surface area (Å²) in [5.74, 6) is 0. The number of hydrogen-bond donors (Lipinski definition) is 2. The van der Waals surface area contributed by atoms with E-state index in [1.54, 1.807) is 19.1 Å². The summed E-state index contributed by atoms with van der Waals surface area (Å²) in [5, 5.41) is 0. The number of rotatable bonds is 5. The van der Waals surface area contributed by atoms with Crippen LogP contribution in [0.5, 0.6) is 0 Å². The number of anilines is 1. The largest absolute Gasteiger partial charge is 0.377 e. The van der Waals surface area contributed by atoms with Gasteiger partial charge < -0.3 is 15.4 Å². The lowest BCUT2D eigenvalue weighted by Crippen LogP contribution is -2.50. The third-order valence-corrected chi connectivity index (χ3v) is 4.89. The van der Waals surface area contributed by atoms with Crippen LogP contribution in [0.15, 0.2) is 29.2 Å². The molecule has 112 valence electrons. The van der Waals surface area contributed by atoms with Gasteiger partial charge in [-0.05, 0) is 12.1 Å². The van der Waals surface area contributed by atoms with Gasteiger partial charge in [-0.15, -0.1) is 0 Å². The fourth-order valence-corrected chi connectivity index (χ4v) is 3.61. The highest BCUT2D eigenvalue weighted by atomic mass is 32.2. The van der Waals surface area contributed by atoms with Crippen LogP contribution in [0, 0.1) is 0 Å². The van der Waals surface area contributed by atoms with Gasteiger partial charge in [0.15, 0.2) is 0 Å². The number of ether oxygens (including phenoxy) is 1. The number of hydrogen-bond acceptors (Lipinski definition) is 5. The summed E-state index contributed by atoms with van der Waals surface area (Å²) in [7, 11) is -3.50. The van der Waals surface area contributed by atoms with Gasteiger partial charge in [0.2, 0.25) is 10.0 Å². The van der Waals surface area contributed by atoms with Crippen LogP contribution in [0.2, 0.25) is 0 Å². The number of nitrogens with two attached hydrogens (primary N) is 1. The van der Waals surface area contributed by atoms with Crippen LogP contribution in [0.3, 0.4) is 0 Å². The van der Waals surface area contributed by atoms with E-state index in [2.05, 4.69) is 4.72 Å². The van der Waals surface area contributed by atoms with Crippen molar-refractivity contribution in [3.8, 4) is 0 Å². The Hall–Kier alpha value is -1.15. The molecule has 3 N–H and O–H groups in total. The summed E-state index contributed by atoms with van der Waals surface area (Å²) < 4.78 is 32.5. The standard InChI is InChI=1S/C13H21N3O3S/c1-2-15-20(17,18)13-6-4-3-5-12(13)16-7-8-19-10-11(16)9-14/h3-6,11,15H,2,7-10,14H2,1H3. The van der Waals surface area contributed by atoms with Gasteiger partial charge in [0.25, 0.3) is 0 Å². The second-order valence-corrected chi connectivity index (χ2v) is 6.36. The lowest BCUT2D eigenvalue weighted by molar-refractivity contribution is 0.0960. The van der Waals surface area contributed by atoms with E-state index in [9.17, 15) is 8.42 Å². The summed E-state index contributed by atoms with van der Waals surface area (Å²) in [6.07, 6.45) is 0. The van der Waals surface area contributed by atoms with Crippen molar-refractivity contribution in [3.63, 3.8) is 0 Å². The maximum Gasteiger partial charge on any atom is 0.242 e. The molecule has 1 unspecified atom stereocenters. The molecule has 1 aliphatic rings. The minimum absolute atomic E-state index is 0.00160. The highest BCUT2D eigenvalue weighted by Crippen LogP contribution is 2.27. The molecule has 0 saturated carbocycles. The second-order valence-electron chi connectivity index (χ2n) is 4.63. The van der Waals surface area contributed by atoms with Crippen LogP contribution in [0.1, 0.15) is 6.92 Å².